The fraction of sp³-hybridized carbons (Fsp3) is 0.455. The zero-order valence-electron chi connectivity index (χ0n) is 8.18. The fourth-order valence-electron chi connectivity index (χ4n) is 1.32. The zero-order chi connectivity index (χ0) is 9.90. The Labute approximate surface area is 84.9 Å². The van der Waals surface area contributed by atoms with Crippen molar-refractivity contribution in [3.05, 3.63) is 34.9 Å². The van der Waals surface area contributed by atoms with Crippen LogP contribution in [0, 0.1) is 0 Å². The van der Waals surface area contributed by atoms with Gasteiger partial charge in [0, 0.05) is 17.0 Å². The van der Waals surface area contributed by atoms with Crippen molar-refractivity contribution < 1.29 is 0 Å². The van der Waals surface area contributed by atoms with Crippen molar-refractivity contribution in [2.24, 2.45) is 5.73 Å². The molecule has 0 spiro atoms. The van der Waals surface area contributed by atoms with Crippen LogP contribution in [0.25, 0.3) is 0 Å². The normalized spacial score (nSPS) is 15.4. The molecular formula is C11H16ClN. The van der Waals surface area contributed by atoms with Crippen LogP contribution in [-0.4, -0.2) is 6.54 Å². The molecule has 0 fully saturated rings. The lowest BCUT2D eigenvalue weighted by molar-refractivity contribution is 0.467. The van der Waals surface area contributed by atoms with Crippen LogP contribution in [0.1, 0.15) is 25.8 Å². The summed E-state index contributed by atoms with van der Waals surface area (Å²) in [5, 5.41) is 0.777. The summed E-state index contributed by atoms with van der Waals surface area (Å²) in [5.41, 5.74) is 7.11. The molecular weight excluding hydrogens is 182 g/mol. The van der Waals surface area contributed by atoms with Gasteiger partial charge < -0.3 is 5.73 Å². The highest BCUT2D eigenvalue weighted by Gasteiger charge is 2.21. The first-order chi connectivity index (χ1) is 6.12. The first-order valence-electron chi connectivity index (χ1n) is 4.58. The Morgan fingerprint density at radius 2 is 1.85 bits per heavy atom. The third-order valence-corrected chi connectivity index (χ3v) is 3.02. The van der Waals surface area contributed by atoms with Gasteiger partial charge in [-0.3, -0.25) is 0 Å². The molecule has 1 nitrogen and oxygen atoms in total. The molecule has 0 aliphatic heterocycles. The van der Waals surface area contributed by atoms with E-state index in [1.54, 1.807) is 0 Å². The number of benzene rings is 1. The number of nitrogens with two attached hydrogens (primary N) is 1. The van der Waals surface area contributed by atoms with Gasteiger partial charge >= 0.3 is 0 Å². The molecule has 0 unspecified atom stereocenters. The third kappa shape index (κ3) is 2.23. The molecule has 1 rings (SSSR count). The van der Waals surface area contributed by atoms with Crippen LogP contribution >= 0.6 is 11.6 Å². The standard InChI is InChI=1S/C11H16ClN/c1-3-11(2,8-13)9-4-6-10(12)7-5-9/h4-7H,3,8,13H2,1-2H3/t11-/m1/s1. The van der Waals surface area contributed by atoms with E-state index in [-0.39, 0.29) is 5.41 Å². The molecule has 2 heteroatoms. The van der Waals surface area contributed by atoms with Crippen molar-refractivity contribution in [1.29, 1.82) is 0 Å². The maximum atomic E-state index is 5.82. The van der Waals surface area contributed by atoms with E-state index in [1.807, 2.05) is 12.1 Å². The molecule has 72 valence electrons. The summed E-state index contributed by atoms with van der Waals surface area (Å²) in [7, 11) is 0. The molecule has 0 aliphatic rings. The molecule has 0 aromatic heterocycles. The Balaban J connectivity index is 2.99. The summed E-state index contributed by atoms with van der Waals surface area (Å²) < 4.78 is 0. The van der Waals surface area contributed by atoms with E-state index in [2.05, 4.69) is 26.0 Å². The van der Waals surface area contributed by atoms with Crippen molar-refractivity contribution in [2.45, 2.75) is 25.7 Å². The highest BCUT2D eigenvalue weighted by atomic mass is 35.5. The van der Waals surface area contributed by atoms with Gasteiger partial charge in [0.2, 0.25) is 0 Å². The topological polar surface area (TPSA) is 26.0 Å². The van der Waals surface area contributed by atoms with Crippen molar-refractivity contribution >= 4 is 11.6 Å². The molecule has 0 saturated heterocycles. The summed E-state index contributed by atoms with van der Waals surface area (Å²) in [6.45, 7) is 5.00. The number of rotatable bonds is 3. The van der Waals surface area contributed by atoms with Gasteiger partial charge in [0.1, 0.15) is 0 Å². The molecule has 0 saturated carbocycles. The lowest BCUT2D eigenvalue weighted by Crippen LogP contribution is -2.30. The largest absolute Gasteiger partial charge is 0.330 e. The SMILES string of the molecule is CC[C@](C)(CN)c1ccc(Cl)cc1. The Morgan fingerprint density at radius 3 is 2.23 bits per heavy atom. The van der Waals surface area contributed by atoms with E-state index in [0.717, 1.165) is 11.4 Å². The van der Waals surface area contributed by atoms with Crippen LogP contribution < -0.4 is 5.73 Å². The molecule has 0 amide bonds. The van der Waals surface area contributed by atoms with Crippen LogP contribution in [0.15, 0.2) is 24.3 Å². The summed E-state index contributed by atoms with van der Waals surface area (Å²) in [5.74, 6) is 0. The smallest absolute Gasteiger partial charge is 0.0406 e. The van der Waals surface area contributed by atoms with Gasteiger partial charge in [-0.25, -0.2) is 0 Å². The second-order valence-corrected chi connectivity index (χ2v) is 4.06. The fourth-order valence-corrected chi connectivity index (χ4v) is 1.44. The van der Waals surface area contributed by atoms with Gasteiger partial charge in [-0.15, -0.1) is 0 Å². The second kappa shape index (κ2) is 4.12. The van der Waals surface area contributed by atoms with E-state index >= 15 is 0 Å². The molecule has 0 heterocycles. The zero-order valence-corrected chi connectivity index (χ0v) is 8.93. The number of hydrogen-bond acceptors (Lipinski definition) is 1. The quantitative estimate of drug-likeness (QED) is 0.792. The van der Waals surface area contributed by atoms with E-state index in [4.69, 9.17) is 17.3 Å². The first-order valence-corrected chi connectivity index (χ1v) is 4.96. The van der Waals surface area contributed by atoms with Gasteiger partial charge in [0.05, 0.1) is 0 Å². The summed E-state index contributed by atoms with van der Waals surface area (Å²) in [6.07, 6.45) is 1.05. The Kier molecular flexibility index (Phi) is 3.34. The van der Waals surface area contributed by atoms with E-state index in [9.17, 15) is 0 Å². The Hall–Kier alpha value is -0.530. The van der Waals surface area contributed by atoms with E-state index in [0.29, 0.717) is 6.54 Å². The maximum Gasteiger partial charge on any atom is 0.0406 e. The Morgan fingerprint density at radius 1 is 1.31 bits per heavy atom. The van der Waals surface area contributed by atoms with E-state index < -0.39 is 0 Å². The molecule has 2 N–H and O–H groups in total. The average Bonchev–Trinajstić information content (AvgIpc) is 2.18. The first kappa shape index (κ1) is 10.6. The number of halogens is 1. The van der Waals surface area contributed by atoms with Gasteiger partial charge in [-0.2, -0.15) is 0 Å². The molecule has 0 bridgehead atoms. The van der Waals surface area contributed by atoms with Crippen molar-refractivity contribution in [3.8, 4) is 0 Å². The van der Waals surface area contributed by atoms with Gasteiger partial charge in [0.25, 0.3) is 0 Å². The number of hydrogen-bond donors (Lipinski definition) is 1. The van der Waals surface area contributed by atoms with Crippen LogP contribution in [0.4, 0.5) is 0 Å². The van der Waals surface area contributed by atoms with E-state index in [1.165, 1.54) is 5.56 Å². The maximum absolute atomic E-state index is 5.82. The molecule has 1 atom stereocenters. The van der Waals surface area contributed by atoms with Gasteiger partial charge in [0.15, 0.2) is 0 Å². The van der Waals surface area contributed by atoms with Crippen LogP contribution in [0.5, 0.6) is 0 Å². The second-order valence-electron chi connectivity index (χ2n) is 3.63. The molecule has 13 heavy (non-hydrogen) atoms. The van der Waals surface area contributed by atoms with Gasteiger partial charge in [-0.05, 0) is 24.1 Å². The summed E-state index contributed by atoms with van der Waals surface area (Å²) in [6, 6.07) is 7.94. The summed E-state index contributed by atoms with van der Waals surface area (Å²) in [4.78, 5) is 0. The lowest BCUT2D eigenvalue weighted by Gasteiger charge is -2.26. The van der Waals surface area contributed by atoms with Gasteiger partial charge in [-0.1, -0.05) is 37.6 Å². The molecule has 0 radical (unpaired) electrons. The van der Waals surface area contributed by atoms with Crippen molar-refractivity contribution in [3.63, 3.8) is 0 Å². The Bertz CT molecular complexity index is 262. The lowest BCUT2D eigenvalue weighted by atomic mass is 9.80. The highest BCUT2D eigenvalue weighted by Crippen LogP contribution is 2.26. The predicted molar refractivity (Wildman–Crippen MR) is 58.1 cm³/mol. The minimum atomic E-state index is 0.0879. The van der Waals surface area contributed by atoms with Crippen molar-refractivity contribution in [2.75, 3.05) is 6.54 Å². The molecule has 1 aromatic carbocycles. The minimum Gasteiger partial charge on any atom is -0.330 e. The molecule has 1 aromatic rings. The average molecular weight is 198 g/mol. The van der Waals surface area contributed by atoms with Crippen LogP contribution in [0.3, 0.4) is 0 Å². The highest BCUT2D eigenvalue weighted by molar-refractivity contribution is 6.30. The predicted octanol–water partition coefficient (Wildman–Crippen LogP) is 2.97. The monoisotopic (exact) mass is 197 g/mol. The summed E-state index contributed by atoms with van der Waals surface area (Å²) >= 11 is 5.82. The van der Waals surface area contributed by atoms with Crippen LogP contribution in [-0.2, 0) is 5.41 Å². The van der Waals surface area contributed by atoms with Crippen molar-refractivity contribution in [1.82, 2.24) is 0 Å². The third-order valence-electron chi connectivity index (χ3n) is 2.77. The van der Waals surface area contributed by atoms with Crippen LogP contribution in [0.2, 0.25) is 5.02 Å². The molecule has 0 aliphatic carbocycles. The minimum absolute atomic E-state index is 0.0879.